The molecule has 0 atom stereocenters. The summed E-state index contributed by atoms with van der Waals surface area (Å²) in [7, 11) is 0. The van der Waals surface area contributed by atoms with Crippen molar-refractivity contribution in [3.63, 3.8) is 0 Å². The second-order valence-electron chi connectivity index (χ2n) is 4.09. The first-order valence-electron chi connectivity index (χ1n) is 5.77. The number of nitrogens with zero attached hydrogens (tertiary/aromatic N) is 3. The van der Waals surface area contributed by atoms with Gasteiger partial charge in [-0.1, -0.05) is 12.1 Å². The SMILES string of the molecule is O=c1[nH][n+](-c2cccc(I)c2)nn1-c1cccc(I)c1. The van der Waals surface area contributed by atoms with Crippen molar-refractivity contribution < 1.29 is 4.80 Å². The summed E-state index contributed by atoms with van der Waals surface area (Å²) in [6.07, 6.45) is 0. The molecule has 0 amide bonds. The van der Waals surface area contributed by atoms with Gasteiger partial charge in [0.05, 0.1) is 0 Å². The topological polar surface area (TPSA) is 54.6 Å². The predicted molar refractivity (Wildman–Crippen MR) is 91.2 cm³/mol. The van der Waals surface area contributed by atoms with Crippen molar-refractivity contribution in [2.75, 3.05) is 0 Å². The van der Waals surface area contributed by atoms with Crippen LogP contribution in [0.5, 0.6) is 0 Å². The molecule has 1 aromatic heterocycles. The predicted octanol–water partition coefficient (Wildman–Crippen LogP) is 2.05. The first-order chi connectivity index (χ1) is 9.63. The van der Waals surface area contributed by atoms with Crippen molar-refractivity contribution in [1.82, 2.24) is 15.0 Å². The van der Waals surface area contributed by atoms with E-state index < -0.39 is 0 Å². The summed E-state index contributed by atoms with van der Waals surface area (Å²) in [6.45, 7) is 0. The highest BCUT2D eigenvalue weighted by molar-refractivity contribution is 14.1. The van der Waals surface area contributed by atoms with Crippen molar-refractivity contribution in [2.45, 2.75) is 0 Å². The van der Waals surface area contributed by atoms with Crippen molar-refractivity contribution in [3.05, 3.63) is 66.2 Å². The molecule has 0 spiro atoms. The lowest BCUT2D eigenvalue weighted by Gasteiger charge is -1.93. The first-order valence-corrected chi connectivity index (χ1v) is 7.93. The molecule has 2 aromatic carbocycles. The Kier molecular flexibility index (Phi) is 3.87. The second-order valence-corrected chi connectivity index (χ2v) is 6.58. The summed E-state index contributed by atoms with van der Waals surface area (Å²) >= 11 is 4.43. The molecule has 0 aliphatic carbocycles. The van der Waals surface area contributed by atoms with Crippen LogP contribution < -0.4 is 10.5 Å². The fraction of sp³-hybridized carbons (Fsp3) is 0. The third-order valence-electron chi connectivity index (χ3n) is 2.68. The maximum Gasteiger partial charge on any atom is 0.471 e. The molecule has 0 fully saturated rings. The van der Waals surface area contributed by atoms with Crippen LogP contribution in [-0.2, 0) is 0 Å². The van der Waals surface area contributed by atoms with E-state index in [1.165, 1.54) is 9.48 Å². The van der Waals surface area contributed by atoms with Gasteiger partial charge >= 0.3 is 5.69 Å². The van der Waals surface area contributed by atoms with E-state index in [0.717, 1.165) is 18.5 Å². The Balaban J connectivity index is 2.10. The van der Waals surface area contributed by atoms with E-state index in [4.69, 9.17) is 0 Å². The zero-order valence-electron chi connectivity index (χ0n) is 10.1. The average molecular weight is 491 g/mol. The van der Waals surface area contributed by atoms with Crippen molar-refractivity contribution in [3.8, 4) is 11.4 Å². The molecule has 0 aliphatic heterocycles. The molecule has 20 heavy (non-hydrogen) atoms. The summed E-state index contributed by atoms with van der Waals surface area (Å²) in [4.78, 5) is 13.5. The van der Waals surface area contributed by atoms with Crippen LogP contribution in [0.2, 0.25) is 0 Å². The molecule has 3 rings (SSSR count). The van der Waals surface area contributed by atoms with Gasteiger partial charge in [0.25, 0.3) is 0 Å². The molecular formula is C13H9I2N4O+. The van der Waals surface area contributed by atoms with Gasteiger partial charge in [0, 0.05) is 19.3 Å². The van der Waals surface area contributed by atoms with E-state index in [1.807, 2.05) is 48.5 Å². The highest BCUT2D eigenvalue weighted by atomic mass is 127. The number of benzene rings is 2. The van der Waals surface area contributed by atoms with Gasteiger partial charge in [-0.05, 0) is 78.9 Å². The fourth-order valence-corrected chi connectivity index (χ4v) is 2.84. The summed E-state index contributed by atoms with van der Waals surface area (Å²) in [6, 6.07) is 15.4. The number of hydrogen-bond donors (Lipinski definition) is 1. The lowest BCUT2D eigenvalue weighted by atomic mass is 10.3. The Hall–Kier alpha value is -1.23. The van der Waals surface area contributed by atoms with Gasteiger partial charge in [-0.3, -0.25) is 0 Å². The van der Waals surface area contributed by atoms with Gasteiger partial charge in [-0.2, -0.15) is 0 Å². The van der Waals surface area contributed by atoms with E-state index in [1.54, 1.807) is 0 Å². The van der Waals surface area contributed by atoms with Crippen LogP contribution in [0.1, 0.15) is 0 Å². The lowest BCUT2D eigenvalue weighted by molar-refractivity contribution is -0.718. The Labute approximate surface area is 141 Å². The molecule has 100 valence electrons. The second kappa shape index (κ2) is 5.64. The summed E-state index contributed by atoms with van der Waals surface area (Å²) in [5.74, 6) is 0. The number of aromatic amines is 1. The molecule has 1 heterocycles. The molecule has 0 saturated heterocycles. The van der Waals surface area contributed by atoms with E-state index in [0.29, 0.717) is 0 Å². The molecule has 0 unspecified atom stereocenters. The van der Waals surface area contributed by atoms with Gasteiger partial charge < -0.3 is 0 Å². The van der Waals surface area contributed by atoms with Gasteiger partial charge in [0.2, 0.25) is 0 Å². The minimum atomic E-state index is -0.272. The highest BCUT2D eigenvalue weighted by Crippen LogP contribution is 2.10. The summed E-state index contributed by atoms with van der Waals surface area (Å²) < 4.78 is 3.48. The maximum absolute atomic E-state index is 12.0. The molecule has 5 nitrogen and oxygen atoms in total. The lowest BCUT2D eigenvalue weighted by Crippen LogP contribution is -2.37. The van der Waals surface area contributed by atoms with Crippen LogP contribution in [0, 0.1) is 7.14 Å². The van der Waals surface area contributed by atoms with E-state index in [2.05, 4.69) is 55.5 Å². The zero-order chi connectivity index (χ0) is 14.1. The minimum Gasteiger partial charge on any atom is -0.214 e. The van der Waals surface area contributed by atoms with Crippen LogP contribution in [0.4, 0.5) is 0 Å². The molecular weight excluding hydrogens is 482 g/mol. The standard InChI is InChI=1S/C13H8I2N4O/c14-9-3-1-5-11(7-9)18-13(20)16-19(17-18)12-6-2-4-10(15)8-12/h1-8H/p+1. The van der Waals surface area contributed by atoms with Gasteiger partial charge in [0.15, 0.2) is 11.4 Å². The Morgan fingerprint density at radius 1 is 1.05 bits per heavy atom. The zero-order valence-corrected chi connectivity index (χ0v) is 14.4. The van der Waals surface area contributed by atoms with Crippen molar-refractivity contribution >= 4 is 45.2 Å². The number of rotatable bonds is 2. The molecule has 1 N–H and O–H groups in total. The van der Waals surface area contributed by atoms with E-state index in [9.17, 15) is 4.79 Å². The van der Waals surface area contributed by atoms with Crippen LogP contribution in [0.3, 0.4) is 0 Å². The Morgan fingerprint density at radius 2 is 1.75 bits per heavy atom. The normalized spacial score (nSPS) is 10.7. The quantitative estimate of drug-likeness (QED) is 0.441. The van der Waals surface area contributed by atoms with E-state index in [-0.39, 0.29) is 5.69 Å². The minimum absolute atomic E-state index is 0.272. The number of halogens is 2. The third-order valence-corrected chi connectivity index (χ3v) is 4.02. The van der Waals surface area contributed by atoms with Crippen LogP contribution in [-0.4, -0.2) is 15.0 Å². The van der Waals surface area contributed by atoms with Crippen LogP contribution in [0.25, 0.3) is 11.4 Å². The number of aromatic nitrogens is 4. The maximum atomic E-state index is 12.0. The highest BCUT2D eigenvalue weighted by Gasteiger charge is 2.17. The number of nitrogens with one attached hydrogen (secondary N) is 1. The number of tetrazole rings is 1. The molecule has 0 aliphatic rings. The average Bonchev–Trinajstić information content (AvgIpc) is 2.81. The van der Waals surface area contributed by atoms with E-state index >= 15 is 0 Å². The smallest absolute Gasteiger partial charge is 0.214 e. The molecule has 0 bridgehead atoms. The molecule has 7 heteroatoms. The molecule has 3 aromatic rings. The van der Waals surface area contributed by atoms with Crippen LogP contribution >= 0.6 is 45.2 Å². The van der Waals surface area contributed by atoms with Crippen molar-refractivity contribution in [1.29, 1.82) is 0 Å². The number of hydrogen-bond acceptors (Lipinski definition) is 2. The Bertz CT molecular complexity index is 825. The van der Waals surface area contributed by atoms with Crippen molar-refractivity contribution in [2.24, 2.45) is 0 Å². The Morgan fingerprint density at radius 3 is 2.45 bits per heavy atom. The van der Waals surface area contributed by atoms with Gasteiger partial charge in [-0.25, -0.2) is 4.79 Å². The number of H-pyrrole nitrogens is 1. The van der Waals surface area contributed by atoms with Crippen LogP contribution in [0.15, 0.2) is 53.3 Å². The monoisotopic (exact) mass is 491 g/mol. The summed E-state index contributed by atoms with van der Waals surface area (Å²) in [5, 5.41) is 7.00. The molecule has 0 saturated carbocycles. The largest absolute Gasteiger partial charge is 0.471 e. The fourth-order valence-electron chi connectivity index (χ4n) is 1.79. The van der Waals surface area contributed by atoms with Gasteiger partial charge in [0.1, 0.15) is 5.21 Å². The van der Waals surface area contributed by atoms with Gasteiger partial charge in [-0.15, -0.1) is 5.10 Å². The first kappa shape index (κ1) is 13.7. The molecule has 0 radical (unpaired) electrons. The third kappa shape index (κ3) is 2.77. The summed E-state index contributed by atoms with van der Waals surface area (Å²) in [5.41, 5.74) is 1.28.